The van der Waals surface area contributed by atoms with Crippen LogP contribution in [0.15, 0.2) is 0 Å². The second-order valence-corrected chi connectivity index (χ2v) is 2.85. The van der Waals surface area contributed by atoms with Crippen LogP contribution < -0.4 is 0 Å². The van der Waals surface area contributed by atoms with Gasteiger partial charge in [-0.15, -0.1) is 12.4 Å². The van der Waals surface area contributed by atoms with Crippen LogP contribution in [0.3, 0.4) is 0 Å². The number of carboxylic acid groups (broad SMARTS) is 2. The zero-order valence-corrected chi connectivity index (χ0v) is 8.92. The molecule has 0 saturated carbocycles. The molecule has 0 radical (unpaired) electrons. The summed E-state index contributed by atoms with van der Waals surface area (Å²) in [4.78, 5) is 22.1. The van der Waals surface area contributed by atoms with Crippen molar-refractivity contribution in [3.8, 4) is 0 Å². The molecule has 0 atom stereocenters. The van der Waals surface area contributed by atoms with Gasteiger partial charge in [-0.05, 0) is 13.0 Å². The Morgan fingerprint density at radius 2 is 1.57 bits per heavy atom. The molecule has 0 spiro atoms. The Morgan fingerprint density at radius 3 is 1.86 bits per heavy atom. The van der Waals surface area contributed by atoms with E-state index in [2.05, 4.69) is 0 Å². The average Bonchev–Trinajstić information content (AvgIpc) is 1.98. The summed E-state index contributed by atoms with van der Waals surface area (Å²) in [6, 6.07) is 0. The van der Waals surface area contributed by atoms with Crippen molar-refractivity contribution in [3.63, 3.8) is 0 Å². The van der Waals surface area contributed by atoms with Gasteiger partial charge in [0.15, 0.2) is 0 Å². The average molecular weight is 226 g/mol. The molecule has 0 aromatic carbocycles. The van der Waals surface area contributed by atoms with Crippen LogP contribution in [0, 0.1) is 0 Å². The minimum absolute atomic E-state index is 0. The van der Waals surface area contributed by atoms with Gasteiger partial charge in [0.05, 0.1) is 13.1 Å². The number of halogens is 1. The minimum Gasteiger partial charge on any atom is -0.480 e. The van der Waals surface area contributed by atoms with Gasteiger partial charge in [-0.1, -0.05) is 13.3 Å². The highest BCUT2D eigenvalue weighted by molar-refractivity contribution is 5.85. The van der Waals surface area contributed by atoms with Gasteiger partial charge in [0.25, 0.3) is 0 Å². The quantitative estimate of drug-likeness (QED) is 0.666. The molecule has 0 aliphatic heterocycles. The Labute approximate surface area is 89.1 Å². The van der Waals surface area contributed by atoms with Crippen molar-refractivity contribution >= 4 is 24.3 Å². The SMILES string of the molecule is CCCCN(CC(=O)O)CC(=O)O.Cl. The van der Waals surface area contributed by atoms with Crippen LogP contribution >= 0.6 is 12.4 Å². The highest BCUT2D eigenvalue weighted by Crippen LogP contribution is 1.94. The molecule has 84 valence electrons. The van der Waals surface area contributed by atoms with E-state index in [0.717, 1.165) is 12.8 Å². The Hall–Kier alpha value is -0.810. The molecule has 0 fully saturated rings. The normalized spacial score (nSPS) is 9.57. The zero-order chi connectivity index (χ0) is 10.3. The number of rotatable bonds is 7. The van der Waals surface area contributed by atoms with Crippen LogP contribution in [0.2, 0.25) is 0 Å². The van der Waals surface area contributed by atoms with Crippen LogP contribution in [0.4, 0.5) is 0 Å². The third-order valence-electron chi connectivity index (χ3n) is 1.55. The lowest BCUT2D eigenvalue weighted by Gasteiger charge is -2.16. The highest BCUT2D eigenvalue weighted by Gasteiger charge is 2.11. The summed E-state index contributed by atoms with van der Waals surface area (Å²) in [7, 11) is 0. The summed E-state index contributed by atoms with van der Waals surface area (Å²) in [6.07, 6.45) is 1.75. The molecule has 0 aliphatic carbocycles. The second-order valence-electron chi connectivity index (χ2n) is 2.85. The fourth-order valence-electron chi connectivity index (χ4n) is 0.978. The molecule has 0 aliphatic rings. The zero-order valence-electron chi connectivity index (χ0n) is 8.10. The van der Waals surface area contributed by atoms with Crippen LogP contribution in [-0.4, -0.2) is 46.7 Å². The number of aliphatic carboxylic acids is 2. The monoisotopic (exact) mass is 225 g/mol. The molecule has 0 rings (SSSR count). The van der Waals surface area contributed by atoms with Crippen molar-refractivity contribution in [3.05, 3.63) is 0 Å². The molecule has 0 bridgehead atoms. The molecule has 0 saturated heterocycles. The van der Waals surface area contributed by atoms with E-state index in [1.807, 2.05) is 6.92 Å². The third kappa shape index (κ3) is 9.28. The maximum Gasteiger partial charge on any atom is 0.317 e. The van der Waals surface area contributed by atoms with Gasteiger partial charge < -0.3 is 10.2 Å². The van der Waals surface area contributed by atoms with E-state index in [4.69, 9.17) is 10.2 Å². The lowest BCUT2D eigenvalue weighted by Crippen LogP contribution is -2.35. The van der Waals surface area contributed by atoms with Crippen molar-refractivity contribution < 1.29 is 19.8 Å². The van der Waals surface area contributed by atoms with Gasteiger partial charge in [0.2, 0.25) is 0 Å². The molecule has 0 aromatic heterocycles. The number of carboxylic acids is 2. The summed E-state index contributed by atoms with van der Waals surface area (Å²) >= 11 is 0. The summed E-state index contributed by atoms with van der Waals surface area (Å²) in [5.41, 5.74) is 0. The first-order valence-electron chi connectivity index (χ1n) is 4.22. The van der Waals surface area contributed by atoms with E-state index >= 15 is 0 Å². The lowest BCUT2D eigenvalue weighted by molar-refractivity contribution is -0.141. The van der Waals surface area contributed by atoms with E-state index in [1.54, 1.807) is 0 Å². The second kappa shape index (κ2) is 8.77. The summed E-state index contributed by atoms with van der Waals surface area (Å²) in [5, 5.41) is 16.9. The Bertz CT molecular complexity index is 170. The van der Waals surface area contributed by atoms with E-state index in [-0.39, 0.29) is 25.5 Å². The van der Waals surface area contributed by atoms with Crippen LogP contribution in [-0.2, 0) is 9.59 Å². The number of nitrogens with zero attached hydrogens (tertiary/aromatic N) is 1. The molecule has 14 heavy (non-hydrogen) atoms. The van der Waals surface area contributed by atoms with Gasteiger partial charge in [-0.25, -0.2) is 0 Å². The van der Waals surface area contributed by atoms with Gasteiger partial charge in [0.1, 0.15) is 0 Å². The summed E-state index contributed by atoms with van der Waals surface area (Å²) in [6.45, 7) is 2.09. The smallest absolute Gasteiger partial charge is 0.317 e. The molecule has 6 heteroatoms. The van der Waals surface area contributed by atoms with Crippen molar-refractivity contribution in [1.29, 1.82) is 0 Å². The molecule has 0 heterocycles. The first-order chi connectivity index (χ1) is 6.06. The number of hydrogen-bond donors (Lipinski definition) is 2. The number of unbranched alkanes of at least 4 members (excludes halogenated alkanes) is 1. The maximum absolute atomic E-state index is 10.3. The molecular formula is C8H16ClNO4. The van der Waals surface area contributed by atoms with Crippen molar-refractivity contribution in [1.82, 2.24) is 4.90 Å². The summed E-state index contributed by atoms with van der Waals surface area (Å²) in [5.74, 6) is -1.98. The molecule has 0 amide bonds. The van der Waals surface area contributed by atoms with Crippen molar-refractivity contribution in [2.45, 2.75) is 19.8 Å². The number of carbonyl (C=O) groups is 2. The van der Waals surface area contributed by atoms with Crippen molar-refractivity contribution in [2.75, 3.05) is 19.6 Å². The molecule has 5 nitrogen and oxygen atoms in total. The van der Waals surface area contributed by atoms with Gasteiger partial charge in [-0.3, -0.25) is 14.5 Å². The largest absolute Gasteiger partial charge is 0.480 e. The molecular weight excluding hydrogens is 210 g/mol. The van der Waals surface area contributed by atoms with Crippen LogP contribution in [0.25, 0.3) is 0 Å². The topological polar surface area (TPSA) is 77.8 Å². The van der Waals surface area contributed by atoms with Gasteiger partial charge in [0, 0.05) is 0 Å². The molecule has 0 aromatic rings. The van der Waals surface area contributed by atoms with Crippen LogP contribution in [0.1, 0.15) is 19.8 Å². The molecule has 2 N–H and O–H groups in total. The predicted molar refractivity (Wildman–Crippen MR) is 53.9 cm³/mol. The lowest BCUT2D eigenvalue weighted by atomic mass is 10.3. The third-order valence-corrected chi connectivity index (χ3v) is 1.55. The Balaban J connectivity index is 0. The van der Waals surface area contributed by atoms with Gasteiger partial charge in [-0.2, -0.15) is 0 Å². The van der Waals surface area contributed by atoms with E-state index in [0.29, 0.717) is 6.54 Å². The number of hydrogen-bond acceptors (Lipinski definition) is 3. The van der Waals surface area contributed by atoms with E-state index in [9.17, 15) is 9.59 Å². The summed E-state index contributed by atoms with van der Waals surface area (Å²) < 4.78 is 0. The highest BCUT2D eigenvalue weighted by atomic mass is 35.5. The van der Waals surface area contributed by atoms with Crippen molar-refractivity contribution in [2.24, 2.45) is 0 Å². The molecule has 0 unspecified atom stereocenters. The maximum atomic E-state index is 10.3. The van der Waals surface area contributed by atoms with Gasteiger partial charge >= 0.3 is 11.9 Å². The first kappa shape index (κ1) is 15.7. The predicted octanol–water partition coefficient (Wildman–Crippen LogP) is 0.679. The van der Waals surface area contributed by atoms with Crippen LogP contribution in [0.5, 0.6) is 0 Å². The standard InChI is InChI=1S/C8H15NO4.ClH/c1-2-3-4-9(5-7(10)11)6-8(12)13;/h2-6H2,1H3,(H,10,11)(H,12,13);1H. The van der Waals surface area contributed by atoms with E-state index < -0.39 is 11.9 Å². The van der Waals surface area contributed by atoms with E-state index in [1.165, 1.54) is 4.90 Å². The Morgan fingerprint density at radius 1 is 1.14 bits per heavy atom. The Kier molecular flexibility index (Phi) is 9.81. The minimum atomic E-state index is -0.989. The fourth-order valence-corrected chi connectivity index (χ4v) is 0.978. The first-order valence-corrected chi connectivity index (χ1v) is 4.22. The fraction of sp³-hybridized carbons (Fsp3) is 0.750.